The number of aromatic nitrogens is 1. The van der Waals surface area contributed by atoms with Crippen molar-refractivity contribution >= 4 is 28.6 Å². The summed E-state index contributed by atoms with van der Waals surface area (Å²) in [6, 6.07) is 31.9. The number of phenols is 1. The van der Waals surface area contributed by atoms with Gasteiger partial charge in [0.05, 0.1) is 12.4 Å². The highest BCUT2D eigenvalue weighted by atomic mass is 16.3. The lowest BCUT2D eigenvalue weighted by molar-refractivity contribution is 0.475. The molecule has 2 heterocycles. The number of rotatable bonds is 5. The van der Waals surface area contributed by atoms with Crippen LogP contribution in [0.2, 0.25) is 0 Å². The Bertz CT molecular complexity index is 1150. The third-order valence-corrected chi connectivity index (χ3v) is 5.23. The quantitative estimate of drug-likeness (QED) is 0.439. The van der Waals surface area contributed by atoms with Crippen LogP contribution in [0.3, 0.4) is 0 Å². The molecule has 1 aromatic heterocycles. The van der Waals surface area contributed by atoms with E-state index in [1.165, 1.54) is 0 Å². The first-order valence-corrected chi connectivity index (χ1v) is 10.2. The molecule has 5 nitrogen and oxygen atoms in total. The fraction of sp³-hybridized carbons (Fsp3) is 0.0385. The minimum Gasteiger partial charge on any atom is -0.506 e. The summed E-state index contributed by atoms with van der Waals surface area (Å²) in [6.07, 6.45) is 5.82. The van der Waals surface area contributed by atoms with Crippen molar-refractivity contribution in [1.29, 1.82) is 0 Å². The van der Waals surface area contributed by atoms with Gasteiger partial charge in [0.25, 0.3) is 0 Å². The molecule has 0 spiro atoms. The average Bonchev–Trinajstić information content (AvgIpc) is 3.31. The number of aromatic hydroxyl groups is 1. The number of hydrogen-bond donors (Lipinski definition) is 1. The van der Waals surface area contributed by atoms with Gasteiger partial charge in [0.2, 0.25) is 0 Å². The fourth-order valence-corrected chi connectivity index (χ4v) is 3.74. The average molecular weight is 406 g/mol. The summed E-state index contributed by atoms with van der Waals surface area (Å²) in [6.45, 7) is 0.621. The van der Waals surface area contributed by atoms with Gasteiger partial charge in [-0.25, -0.2) is 4.98 Å². The SMILES string of the molecule is Oc1ccccc1N1C=CN(c2cccc(N(c3ccccc3)c3ccccn3)c2)C1. The molecule has 0 atom stereocenters. The second kappa shape index (κ2) is 8.24. The van der Waals surface area contributed by atoms with Crippen molar-refractivity contribution in [2.45, 2.75) is 0 Å². The van der Waals surface area contributed by atoms with Crippen LogP contribution in [0.4, 0.5) is 28.6 Å². The van der Waals surface area contributed by atoms with Crippen molar-refractivity contribution in [2.24, 2.45) is 0 Å². The predicted octanol–water partition coefficient (Wildman–Crippen LogP) is 6.01. The summed E-state index contributed by atoms with van der Waals surface area (Å²) in [5.41, 5.74) is 3.92. The van der Waals surface area contributed by atoms with E-state index in [0.29, 0.717) is 6.67 Å². The zero-order valence-corrected chi connectivity index (χ0v) is 16.9. The molecule has 5 rings (SSSR count). The lowest BCUT2D eigenvalue weighted by Gasteiger charge is -2.26. The maximum atomic E-state index is 10.2. The number of nitrogens with zero attached hydrogens (tertiary/aromatic N) is 4. The van der Waals surface area contributed by atoms with Gasteiger partial charge in [-0.1, -0.05) is 42.5 Å². The van der Waals surface area contributed by atoms with Crippen LogP contribution in [0.1, 0.15) is 0 Å². The Morgan fingerprint density at radius 3 is 2.26 bits per heavy atom. The molecule has 0 bridgehead atoms. The normalized spacial score (nSPS) is 12.9. The van der Waals surface area contributed by atoms with Crippen molar-refractivity contribution in [2.75, 3.05) is 21.4 Å². The third kappa shape index (κ3) is 3.81. The molecule has 152 valence electrons. The number of para-hydroxylation sites is 3. The molecule has 4 aromatic rings. The maximum Gasteiger partial charge on any atom is 0.139 e. The summed E-state index contributed by atoms with van der Waals surface area (Å²) in [5, 5.41) is 10.2. The molecule has 0 amide bonds. The smallest absolute Gasteiger partial charge is 0.139 e. The Morgan fingerprint density at radius 2 is 1.45 bits per heavy atom. The summed E-state index contributed by atoms with van der Waals surface area (Å²) < 4.78 is 0. The van der Waals surface area contributed by atoms with Gasteiger partial charge < -0.3 is 14.9 Å². The van der Waals surface area contributed by atoms with Crippen LogP contribution >= 0.6 is 0 Å². The molecule has 0 fully saturated rings. The van der Waals surface area contributed by atoms with Crippen molar-refractivity contribution in [1.82, 2.24) is 4.98 Å². The fourth-order valence-electron chi connectivity index (χ4n) is 3.74. The topological polar surface area (TPSA) is 42.8 Å². The minimum absolute atomic E-state index is 0.271. The number of benzene rings is 3. The van der Waals surface area contributed by atoms with Gasteiger partial charge >= 0.3 is 0 Å². The van der Waals surface area contributed by atoms with Crippen LogP contribution in [-0.4, -0.2) is 16.8 Å². The van der Waals surface area contributed by atoms with Gasteiger partial charge in [-0.15, -0.1) is 0 Å². The molecule has 3 aromatic carbocycles. The van der Waals surface area contributed by atoms with E-state index in [2.05, 4.69) is 51.2 Å². The first-order chi connectivity index (χ1) is 15.3. The van der Waals surface area contributed by atoms with Crippen molar-refractivity contribution in [3.05, 3.63) is 116 Å². The molecule has 0 unspecified atom stereocenters. The number of pyridine rings is 1. The van der Waals surface area contributed by atoms with Crippen LogP contribution in [0.25, 0.3) is 0 Å². The van der Waals surface area contributed by atoms with Crippen molar-refractivity contribution in [3.63, 3.8) is 0 Å². The number of phenolic OH excluding ortho intramolecular Hbond substituents is 1. The molecule has 1 aliphatic rings. The zero-order valence-electron chi connectivity index (χ0n) is 16.9. The predicted molar refractivity (Wildman–Crippen MR) is 126 cm³/mol. The van der Waals surface area contributed by atoms with E-state index >= 15 is 0 Å². The standard InChI is InChI=1S/C26H22N4O/c31-25-14-5-4-13-24(25)29-18-17-28(20-29)22-11-8-12-23(19-22)30(21-9-2-1-3-10-21)26-15-6-7-16-27-26/h1-19,31H,20H2. The Kier molecular flexibility index (Phi) is 4.99. The van der Waals surface area contributed by atoms with Crippen LogP contribution in [0.15, 0.2) is 116 Å². The van der Waals surface area contributed by atoms with E-state index in [1.54, 1.807) is 6.07 Å². The van der Waals surface area contributed by atoms with Crippen molar-refractivity contribution < 1.29 is 5.11 Å². The highest BCUT2D eigenvalue weighted by molar-refractivity contribution is 5.77. The Hall–Kier alpha value is -4.25. The lowest BCUT2D eigenvalue weighted by atomic mass is 10.2. The van der Waals surface area contributed by atoms with E-state index in [1.807, 2.05) is 78.1 Å². The largest absolute Gasteiger partial charge is 0.506 e. The second-order valence-corrected chi connectivity index (χ2v) is 7.25. The van der Waals surface area contributed by atoms with Gasteiger partial charge in [0.1, 0.15) is 11.6 Å². The highest BCUT2D eigenvalue weighted by Crippen LogP contribution is 2.36. The van der Waals surface area contributed by atoms with Crippen LogP contribution in [-0.2, 0) is 0 Å². The van der Waals surface area contributed by atoms with Gasteiger partial charge in [-0.05, 0) is 54.6 Å². The third-order valence-electron chi connectivity index (χ3n) is 5.23. The van der Waals surface area contributed by atoms with Gasteiger partial charge in [0, 0.05) is 35.7 Å². The lowest BCUT2D eigenvalue weighted by Crippen LogP contribution is -2.24. The molecule has 0 radical (unpaired) electrons. The van der Waals surface area contributed by atoms with E-state index in [9.17, 15) is 5.11 Å². The summed E-state index contributed by atoms with van der Waals surface area (Å²) >= 11 is 0. The van der Waals surface area contributed by atoms with E-state index in [-0.39, 0.29) is 5.75 Å². The van der Waals surface area contributed by atoms with E-state index < -0.39 is 0 Å². The van der Waals surface area contributed by atoms with Crippen LogP contribution in [0.5, 0.6) is 5.75 Å². The maximum absolute atomic E-state index is 10.2. The van der Waals surface area contributed by atoms with E-state index in [0.717, 1.165) is 28.6 Å². The number of hydrogen-bond acceptors (Lipinski definition) is 5. The molecule has 1 N–H and O–H groups in total. The monoisotopic (exact) mass is 406 g/mol. The Balaban J connectivity index is 1.47. The van der Waals surface area contributed by atoms with Crippen molar-refractivity contribution in [3.8, 4) is 5.75 Å². The van der Waals surface area contributed by atoms with Gasteiger partial charge in [-0.2, -0.15) is 0 Å². The summed E-state index contributed by atoms with van der Waals surface area (Å²) in [4.78, 5) is 10.9. The Morgan fingerprint density at radius 1 is 0.710 bits per heavy atom. The molecule has 0 saturated carbocycles. The molecule has 1 aliphatic heterocycles. The molecule has 5 heteroatoms. The van der Waals surface area contributed by atoms with Crippen LogP contribution in [0, 0.1) is 0 Å². The van der Waals surface area contributed by atoms with Gasteiger partial charge in [0.15, 0.2) is 0 Å². The van der Waals surface area contributed by atoms with Crippen LogP contribution < -0.4 is 14.7 Å². The molecule has 0 saturated heterocycles. The Labute approximate surface area is 181 Å². The summed E-state index contributed by atoms with van der Waals surface area (Å²) in [5.74, 6) is 1.13. The number of anilines is 5. The second-order valence-electron chi connectivity index (χ2n) is 7.25. The molecule has 31 heavy (non-hydrogen) atoms. The van der Waals surface area contributed by atoms with Gasteiger partial charge in [-0.3, -0.25) is 4.90 Å². The molecule has 0 aliphatic carbocycles. The first kappa shape index (κ1) is 18.8. The minimum atomic E-state index is 0.271. The first-order valence-electron chi connectivity index (χ1n) is 10.2. The highest BCUT2D eigenvalue weighted by Gasteiger charge is 2.19. The zero-order chi connectivity index (χ0) is 21.0. The molecular weight excluding hydrogens is 384 g/mol. The van der Waals surface area contributed by atoms with E-state index in [4.69, 9.17) is 0 Å². The molecular formula is C26H22N4O. The summed E-state index contributed by atoms with van der Waals surface area (Å²) in [7, 11) is 0.